The molecule has 1 heterocycles. The summed E-state index contributed by atoms with van der Waals surface area (Å²) in [7, 11) is 1.55. The maximum absolute atomic E-state index is 11.8. The van der Waals surface area contributed by atoms with E-state index < -0.39 is 5.91 Å². The van der Waals surface area contributed by atoms with E-state index in [-0.39, 0.29) is 5.56 Å². The summed E-state index contributed by atoms with van der Waals surface area (Å²) < 4.78 is 5.14. The van der Waals surface area contributed by atoms with E-state index >= 15 is 0 Å². The molecule has 6 nitrogen and oxygen atoms in total. The molecule has 130 valence electrons. The van der Waals surface area contributed by atoms with Crippen molar-refractivity contribution in [2.24, 2.45) is 5.73 Å². The third kappa shape index (κ3) is 3.39. The smallest absolute Gasteiger partial charge is 0.252 e. The van der Waals surface area contributed by atoms with Gasteiger partial charge >= 0.3 is 0 Å². The second-order valence-electron chi connectivity index (χ2n) is 5.58. The lowest BCUT2D eigenvalue weighted by Crippen LogP contribution is -2.15. The number of nitrogens with two attached hydrogens (primary N) is 1. The Morgan fingerprint density at radius 1 is 1.35 bits per heavy atom. The van der Waals surface area contributed by atoms with E-state index in [1.807, 2.05) is 6.07 Å². The van der Waals surface area contributed by atoms with E-state index in [0.717, 1.165) is 5.56 Å². The second-order valence-corrected chi connectivity index (χ2v) is 5.98. The zero-order valence-corrected chi connectivity index (χ0v) is 14.7. The van der Waals surface area contributed by atoms with Gasteiger partial charge in [0.25, 0.3) is 5.91 Å². The number of primary amides is 1. The van der Waals surface area contributed by atoms with Gasteiger partial charge in [-0.05, 0) is 35.9 Å². The Morgan fingerprint density at radius 3 is 2.81 bits per heavy atom. The predicted octanol–water partition coefficient (Wildman–Crippen LogP) is 3.48. The Balaban J connectivity index is 2.02. The third-order valence-electron chi connectivity index (χ3n) is 3.95. The van der Waals surface area contributed by atoms with Crippen molar-refractivity contribution in [3.63, 3.8) is 0 Å². The van der Waals surface area contributed by atoms with Gasteiger partial charge < -0.3 is 15.8 Å². The minimum absolute atomic E-state index is 0.257. The zero-order valence-electron chi connectivity index (χ0n) is 13.9. The number of halogens is 1. The van der Waals surface area contributed by atoms with Crippen LogP contribution in [-0.4, -0.2) is 18.0 Å². The normalized spacial score (nSPS) is 10.3. The van der Waals surface area contributed by atoms with Gasteiger partial charge in [0.2, 0.25) is 0 Å². The molecule has 1 amide bonds. The Morgan fingerprint density at radius 2 is 2.15 bits per heavy atom. The average Bonchev–Trinajstić information content (AvgIpc) is 2.65. The van der Waals surface area contributed by atoms with Gasteiger partial charge in [-0.2, -0.15) is 5.26 Å². The number of amides is 1. The molecular weight excluding hydrogens is 352 g/mol. The van der Waals surface area contributed by atoms with E-state index in [1.165, 1.54) is 6.20 Å². The van der Waals surface area contributed by atoms with Gasteiger partial charge in [-0.1, -0.05) is 17.7 Å². The molecule has 0 aliphatic heterocycles. The van der Waals surface area contributed by atoms with Crippen LogP contribution in [0.25, 0.3) is 10.9 Å². The number of nitrogens with zero attached hydrogens (tertiary/aromatic N) is 2. The lowest BCUT2D eigenvalue weighted by atomic mass is 10.1. The van der Waals surface area contributed by atoms with Crippen molar-refractivity contribution < 1.29 is 9.53 Å². The van der Waals surface area contributed by atoms with Crippen molar-refractivity contribution in [1.82, 2.24) is 4.98 Å². The molecule has 0 aliphatic carbocycles. The number of anilines is 1. The fraction of sp³-hybridized carbons (Fsp3) is 0.105. The number of methoxy groups -OCH3 is 1. The molecule has 2 aromatic carbocycles. The quantitative estimate of drug-likeness (QED) is 0.719. The first-order valence-corrected chi connectivity index (χ1v) is 8.10. The lowest BCUT2D eigenvalue weighted by molar-refractivity contribution is 0.100. The minimum Gasteiger partial charge on any atom is -0.495 e. The number of pyridine rings is 1. The summed E-state index contributed by atoms with van der Waals surface area (Å²) in [6.45, 7) is 0.403. The van der Waals surface area contributed by atoms with E-state index in [9.17, 15) is 4.79 Å². The summed E-state index contributed by atoms with van der Waals surface area (Å²) in [4.78, 5) is 16.1. The molecule has 0 unspecified atom stereocenters. The fourth-order valence-corrected chi connectivity index (χ4v) is 2.93. The molecule has 1 aromatic heterocycles. The van der Waals surface area contributed by atoms with Gasteiger partial charge in [0.1, 0.15) is 5.75 Å². The first-order chi connectivity index (χ1) is 12.5. The predicted molar refractivity (Wildman–Crippen MR) is 100 cm³/mol. The van der Waals surface area contributed by atoms with Crippen LogP contribution in [0.1, 0.15) is 21.5 Å². The molecule has 0 bridgehead atoms. The third-order valence-corrected chi connectivity index (χ3v) is 4.24. The molecule has 0 radical (unpaired) electrons. The van der Waals surface area contributed by atoms with Crippen LogP contribution in [0.4, 0.5) is 5.69 Å². The van der Waals surface area contributed by atoms with Crippen molar-refractivity contribution in [3.8, 4) is 11.8 Å². The van der Waals surface area contributed by atoms with Gasteiger partial charge in [0.05, 0.1) is 40.5 Å². The Labute approximate surface area is 155 Å². The van der Waals surface area contributed by atoms with Crippen molar-refractivity contribution >= 4 is 34.1 Å². The summed E-state index contributed by atoms with van der Waals surface area (Å²) in [6, 6.07) is 12.6. The van der Waals surface area contributed by atoms with Crippen LogP contribution < -0.4 is 15.8 Å². The summed E-state index contributed by atoms with van der Waals surface area (Å²) in [5.74, 6) is -0.0155. The summed E-state index contributed by atoms with van der Waals surface area (Å²) in [6.07, 6.45) is 1.43. The Bertz CT molecular complexity index is 1040. The minimum atomic E-state index is -0.600. The van der Waals surface area contributed by atoms with Gasteiger partial charge in [0, 0.05) is 18.1 Å². The highest BCUT2D eigenvalue weighted by Crippen LogP contribution is 2.29. The average molecular weight is 367 g/mol. The SMILES string of the molecule is COc1ccc(CNc2c(C(N)=O)cnc3ccc(C#N)cc23)cc1Cl. The Kier molecular flexibility index (Phi) is 4.92. The van der Waals surface area contributed by atoms with Crippen molar-refractivity contribution in [1.29, 1.82) is 5.26 Å². The molecule has 3 N–H and O–H groups in total. The highest BCUT2D eigenvalue weighted by Gasteiger charge is 2.14. The van der Waals surface area contributed by atoms with Crippen LogP contribution in [0.2, 0.25) is 5.02 Å². The number of hydrogen-bond donors (Lipinski definition) is 2. The van der Waals surface area contributed by atoms with Crippen LogP contribution in [0.15, 0.2) is 42.6 Å². The summed E-state index contributed by atoms with van der Waals surface area (Å²) in [5.41, 5.74) is 8.30. The lowest BCUT2D eigenvalue weighted by Gasteiger charge is -2.14. The maximum Gasteiger partial charge on any atom is 0.252 e. The second kappa shape index (κ2) is 7.30. The van der Waals surface area contributed by atoms with Crippen LogP contribution in [0.5, 0.6) is 5.75 Å². The van der Waals surface area contributed by atoms with E-state index in [2.05, 4.69) is 16.4 Å². The molecular formula is C19H15ClN4O2. The van der Waals surface area contributed by atoms with Gasteiger partial charge in [-0.3, -0.25) is 9.78 Å². The highest BCUT2D eigenvalue weighted by molar-refractivity contribution is 6.32. The number of nitriles is 1. The molecule has 0 atom stereocenters. The van der Waals surface area contributed by atoms with E-state index in [1.54, 1.807) is 37.4 Å². The number of carbonyl (C=O) groups excluding carboxylic acids is 1. The first kappa shape index (κ1) is 17.5. The number of benzene rings is 2. The summed E-state index contributed by atoms with van der Waals surface area (Å²) in [5, 5.41) is 13.5. The van der Waals surface area contributed by atoms with Gasteiger partial charge in [0.15, 0.2) is 0 Å². The van der Waals surface area contributed by atoms with Crippen molar-refractivity contribution in [2.45, 2.75) is 6.54 Å². The van der Waals surface area contributed by atoms with E-state index in [4.69, 9.17) is 27.3 Å². The molecule has 0 spiro atoms. The van der Waals surface area contributed by atoms with Crippen LogP contribution in [0.3, 0.4) is 0 Å². The standard InChI is InChI=1S/C19H15ClN4O2/c1-26-17-5-3-12(7-15(17)20)9-24-18-13-6-11(8-21)2-4-16(13)23-10-14(18)19(22)25/h2-7,10H,9H2,1H3,(H2,22,25)(H,23,24). The zero-order chi connectivity index (χ0) is 18.7. The summed E-state index contributed by atoms with van der Waals surface area (Å²) >= 11 is 6.15. The number of aromatic nitrogens is 1. The van der Waals surface area contributed by atoms with E-state index in [0.29, 0.717) is 39.5 Å². The molecule has 3 aromatic rings. The number of fused-ring (bicyclic) bond motifs is 1. The largest absolute Gasteiger partial charge is 0.495 e. The number of hydrogen-bond acceptors (Lipinski definition) is 5. The number of carbonyl (C=O) groups is 1. The molecule has 0 fully saturated rings. The monoisotopic (exact) mass is 366 g/mol. The van der Waals surface area contributed by atoms with Crippen LogP contribution >= 0.6 is 11.6 Å². The number of ether oxygens (including phenoxy) is 1. The molecule has 3 rings (SSSR count). The number of rotatable bonds is 5. The van der Waals surface area contributed by atoms with Crippen molar-refractivity contribution in [3.05, 3.63) is 64.3 Å². The molecule has 26 heavy (non-hydrogen) atoms. The fourth-order valence-electron chi connectivity index (χ4n) is 2.65. The molecule has 0 saturated carbocycles. The maximum atomic E-state index is 11.8. The highest BCUT2D eigenvalue weighted by atomic mass is 35.5. The topological polar surface area (TPSA) is 101 Å². The molecule has 0 saturated heterocycles. The van der Waals surface area contributed by atoms with Crippen LogP contribution in [-0.2, 0) is 6.54 Å². The number of nitrogens with one attached hydrogen (secondary N) is 1. The molecule has 7 heteroatoms. The van der Waals surface area contributed by atoms with Crippen LogP contribution in [0, 0.1) is 11.3 Å². The first-order valence-electron chi connectivity index (χ1n) is 7.72. The Hall–Kier alpha value is -3.30. The molecule has 0 aliphatic rings. The van der Waals surface area contributed by atoms with Gasteiger partial charge in [-0.15, -0.1) is 0 Å². The van der Waals surface area contributed by atoms with Crippen molar-refractivity contribution in [2.75, 3.05) is 12.4 Å². The van der Waals surface area contributed by atoms with Gasteiger partial charge in [-0.25, -0.2) is 0 Å².